The van der Waals surface area contributed by atoms with Crippen LogP contribution in [0.2, 0.25) is 5.02 Å². The van der Waals surface area contributed by atoms with Crippen molar-refractivity contribution < 1.29 is 31.9 Å². The fourth-order valence-electron chi connectivity index (χ4n) is 2.57. The first-order valence-electron chi connectivity index (χ1n) is 8.60. The lowest BCUT2D eigenvalue weighted by Gasteiger charge is -2.12. The molecule has 0 radical (unpaired) electrons. The first kappa shape index (κ1) is 22.5. The van der Waals surface area contributed by atoms with Crippen LogP contribution in [0.5, 0.6) is 17.2 Å². The average Bonchev–Trinajstić information content (AvgIpc) is 2.70. The summed E-state index contributed by atoms with van der Waals surface area (Å²) in [6, 6.07) is 12.9. The molecule has 0 fully saturated rings. The third kappa shape index (κ3) is 5.31. The summed E-state index contributed by atoms with van der Waals surface area (Å²) in [4.78, 5) is 10.7. The van der Waals surface area contributed by atoms with E-state index in [1.165, 1.54) is 19.1 Å². The Morgan fingerprint density at radius 3 is 2.29 bits per heavy atom. The molecule has 0 aliphatic carbocycles. The van der Waals surface area contributed by atoms with Crippen molar-refractivity contribution in [3.8, 4) is 17.2 Å². The first-order chi connectivity index (χ1) is 14.6. The highest BCUT2D eigenvalue weighted by Gasteiger charge is 2.36. The van der Waals surface area contributed by atoms with E-state index in [2.05, 4.69) is 0 Å². The van der Waals surface area contributed by atoms with Crippen molar-refractivity contribution in [2.45, 2.75) is 13.1 Å². The zero-order chi connectivity index (χ0) is 22.8. The largest absolute Gasteiger partial charge is 0.604 e. The van der Waals surface area contributed by atoms with Crippen LogP contribution < -0.4 is 14.6 Å². The summed E-state index contributed by atoms with van der Waals surface area (Å²) in [5.41, 5.74) is -1.11. The summed E-state index contributed by atoms with van der Waals surface area (Å²) in [7, 11) is -2.69. The molecular formula is C20H13ClF3NO5P+. The summed E-state index contributed by atoms with van der Waals surface area (Å²) in [5, 5.41) is 10.9. The number of hydrogen-bond acceptors (Lipinski definition) is 5. The Balaban J connectivity index is 1.97. The zero-order valence-corrected chi connectivity index (χ0v) is 17.4. The van der Waals surface area contributed by atoms with Gasteiger partial charge in [0.05, 0.1) is 15.5 Å². The van der Waals surface area contributed by atoms with Crippen LogP contribution in [0.4, 0.5) is 18.9 Å². The van der Waals surface area contributed by atoms with Gasteiger partial charge in [-0.2, -0.15) is 13.2 Å². The molecule has 3 aromatic rings. The smallest absolute Gasteiger partial charge is 0.455 e. The number of alkyl halides is 3. The Bertz CT molecular complexity index is 1160. The predicted molar refractivity (Wildman–Crippen MR) is 109 cm³/mol. The van der Waals surface area contributed by atoms with Crippen molar-refractivity contribution in [3.63, 3.8) is 0 Å². The number of rotatable bonds is 6. The molecule has 1 unspecified atom stereocenters. The van der Waals surface area contributed by atoms with Gasteiger partial charge in [0.25, 0.3) is 0 Å². The highest BCUT2D eigenvalue weighted by Crippen LogP contribution is 2.39. The van der Waals surface area contributed by atoms with Gasteiger partial charge >= 0.3 is 25.2 Å². The van der Waals surface area contributed by atoms with E-state index in [9.17, 15) is 27.9 Å². The van der Waals surface area contributed by atoms with Crippen LogP contribution in [0.15, 0.2) is 60.7 Å². The molecule has 0 heterocycles. The summed E-state index contributed by atoms with van der Waals surface area (Å²) in [6.45, 7) is 1.50. The predicted octanol–water partition coefficient (Wildman–Crippen LogP) is 6.81. The molecule has 3 aromatic carbocycles. The Kier molecular flexibility index (Phi) is 6.48. The van der Waals surface area contributed by atoms with Gasteiger partial charge in [0.1, 0.15) is 11.5 Å². The number of nitro groups is 1. The zero-order valence-electron chi connectivity index (χ0n) is 15.7. The SMILES string of the molecule is Cc1cc([N+](=O)[O-])c([P+](=O)Oc2ccccc2)cc1Oc1ccc(C(F)(F)F)cc1Cl. The molecule has 0 saturated carbocycles. The first-order valence-corrected chi connectivity index (χ1v) is 10.2. The number of nitrogens with zero attached hydrogens (tertiary/aromatic N) is 1. The maximum Gasteiger partial charge on any atom is 0.604 e. The number of hydrogen-bond donors (Lipinski definition) is 0. The van der Waals surface area contributed by atoms with Crippen molar-refractivity contribution in [2.24, 2.45) is 0 Å². The van der Waals surface area contributed by atoms with Crippen LogP contribution in [0.3, 0.4) is 0 Å². The summed E-state index contributed by atoms with van der Waals surface area (Å²) in [6.07, 6.45) is -4.58. The van der Waals surface area contributed by atoms with Crippen molar-refractivity contribution in [1.82, 2.24) is 0 Å². The van der Waals surface area contributed by atoms with Gasteiger partial charge in [-0.05, 0) is 47.4 Å². The maximum atomic E-state index is 12.8. The van der Waals surface area contributed by atoms with Gasteiger partial charge in [-0.1, -0.05) is 29.8 Å². The summed E-state index contributed by atoms with van der Waals surface area (Å²) in [5.74, 6) is 0.172. The van der Waals surface area contributed by atoms with Crippen LogP contribution >= 0.6 is 19.6 Å². The molecule has 31 heavy (non-hydrogen) atoms. The van der Waals surface area contributed by atoms with Gasteiger partial charge in [0.15, 0.2) is 5.75 Å². The van der Waals surface area contributed by atoms with Crippen LogP contribution in [-0.4, -0.2) is 4.92 Å². The molecule has 0 aliphatic heterocycles. The highest BCUT2D eigenvalue weighted by atomic mass is 35.5. The van der Waals surface area contributed by atoms with Crippen molar-refractivity contribution in [3.05, 3.63) is 86.9 Å². The van der Waals surface area contributed by atoms with Gasteiger partial charge in [-0.25, -0.2) is 0 Å². The number of benzene rings is 3. The maximum absolute atomic E-state index is 12.8. The molecule has 0 aliphatic rings. The third-order valence-corrected chi connectivity index (χ3v) is 5.50. The van der Waals surface area contributed by atoms with Gasteiger partial charge in [0.2, 0.25) is 0 Å². The molecule has 11 heteroatoms. The quantitative estimate of drug-likeness (QED) is 0.224. The van der Waals surface area contributed by atoms with Gasteiger partial charge in [-0.15, -0.1) is 0 Å². The molecule has 1 atom stereocenters. The topological polar surface area (TPSA) is 78.7 Å². The number of ether oxygens (including phenoxy) is 1. The molecular weight excluding hydrogens is 458 g/mol. The number of para-hydroxylation sites is 1. The van der Waals surface area contributed by atoms with Crippen LogP contribution in [0, 0.1) is 17.0 Å². The summed E-state index contributed by atoms with van der Waals surface area (Å²) >= 11 is 5.91. The van der Waals surface area contributed by atoms with Crippen LogP contribution in [0.1, 0.15) is 11.1 Å². The van der Waals surface area contributed by atoms with Crippen molar-refractivity contribution in [2.75, 3.05) is 0 Å². The Labute approximate surface area is 180 Å². The lowest BCUT2D eigenvalue weighted by atomic mass is 10.2. The standard InChI is InChI=1S/C20H13ClF3NO5P/c1-12-9-16(25(26)27)19(31(28)30-14-5-3-2-4-6-14)11-18(12)29-17-8-7-13(10-15(17)21)20(22,23)24/h2-11H,1H3/q+1. The van der Waals surface area contributed by atoms with E-state index in [1.807, 2.05) is 0 Å². The van der Waals surface area contributed by atoms with E-state index in [1.54, 1.807) is 18.2 Å². The monoisotopic (exact) mass is 470 g/mol. The van der Waals surface area contributed by atoms with E-state index in [0.29, 0.717) is 6.07 Å². The van der Waals surface area contributed by atoms with Crippen molar-refractivity contribution >= 4 is 30.6 Å². The van der Waals surface area contributed by atoms with Crippen LogP contribution in [0.25, 0.3) is 0 Å². The second kappa shape index (κ2) is 8.91. The molecule has 0 saturated heterocycles. The van der Waals surface area contributed by atoms with E-state index in [4.69, 9.17) is 20.9 Å². The van der Waals surface area contributed by atoms with E-state index < -0.39 is 30.4 Å². The fraction of sp³-hybridized carbons (Fsp3) is 0.100. The Hall–Kier alpha value is -3.16. The minimum atomic E-state index is -4.58. The number of aryl methyl sites for hydroxylation is 1. The Morgan fingerprint density at radius 1 is 1.03 bits per heavy atom. The average molecular weight is 471 g/mol. The Morgan fingerprint density at radius 2 is 1.71 bits per heavy atom. The molecule has 0 spiro atoms. The highest BCUT2D eigenvalue weighted by molar-refractivity contribution is 7.49. The molecule has 160 valence electrons. The minimum absolute atomic E-state index is 0.0299. The van der Waals surface area contributed by atoms with Gasteiger partial charge in [0, 0.05) is 12.1 Å². The van der Waals surface area contributed by atoms with E-state index in [-0.39, 0.29) is 33.1 Å². The van der Waals surface area contributed by atoms with Gasteiger partial charge < -0.3 is 4.74 Å². The van der Waals surface area contributed by atoms with E-state index >= 15 is 0 Å². The second-order valence-electron chi connectivity index (χ2n) is 6.27. The lowest BCUT2D eigenvalue weighted by Crippen LogP contribution is -2.09. The molecule has 0 aromatic heterocycles. The molecule has 3 rings (SSSR count). The van der Waals surface area contributed by atoms with E-state index in [0.717, 1.165) is 24.3 Å². The molecule has 0 N–H and O–H groups in total. The molecule has 0 amide bonds. The summed E-state index contributed by atoms with van der Waals surface area (Å²) < 4.78 is 62.0. The lowest BCUT2D eigenvalue weighted by molar-refractivity contribution is -0.383. The normalized spacial score (nSPS) is 11.7. The number of halogens is 4. The minimum Gasteiger partial charge on any atom is -0.455 e. The second-order valence-corrected chi connectivity index (χ2v) is 7.86. The number of nitro benzene ring substituents is 1. The molecule has 0 bridgehead atoms. The van der Waals surface area contributed by atoms with Crippen LogP contribution in [-0.2, 0) is 10.7 Å². The fourth-order valence-corrected chi connectivity index (χ4v) is 3.76. The van der Waals surface area contributed by atoms with Gasteiger partial charge in [-0.3, -0.25) is 14.6 Å². The van der Waals surface area contributed by atoms with Crippen molar-refractivity contribution in [1.29, 1.82) is 0 Å². The molecule has 6 nitrogen and oxygen atoms in total. The third-order valence-electron chi connectivity index (χ3n) is 4.08.